The molecule has 0 atom stereocenters. The Hall–Kier alpha value is -1.22. The lowest BCUT2D eigenvalue weighted by molar-refractivity contribution is 0.262. The second-order valence-electron chi connectivity index (χ2n) is 6.10. The zero-order valence-electron chi connectivity index (χ0n) is 13.7. The summed E-state index contributed by atoms with van der Waals surface area (Å²) in [5.41, 5.74) is 1.19. The number of methoxy groups -OCH3 is 2. The van der Waals surface area contributed by atoms with Gasteiger partial charge in [-0.1, -0.05) is 32.3 Å². The average Bonchev–Trinajstić information content (AvgIpc) is 2.55. The van der Waals surface area contributed by atoms with Crippen molar-refractivity contribution in [1.29, 1.82) is 0 Å². The van der Waals surface area contributed by atoms with Crippen LogP contribution in [-0.2, 0) is 6.54 Å². The number of hydrogen-bond acceptors (Lipinski definition) is 3. The van der Waals surface area contributed by atoms with E-state index in [1.165, 1.54) is 37.7 Å². The van der Waals surface area contributed by atoms with Gasteiger partial charge in [-0.15, -0.1) is 0 Å². The summed E-state index contributed by atoms with van der Waals surface area (Å²) in [5, 5.41) is 3.60. The summed E-state index contributed by atoms with van der Waals surface area (Å²) in [6.45, 7) is 4.30. The van der Waals surface area contributed by atoms with E-state index in [2.05, 4.69) is 18.3 Å². The standard InChI is InChI=1S/C18H29NO2/c1-4-14-5-7-15(8-6-14)12-19-13-16-9-10-17(20-2)11-18(16)21-3/h9-11,14-15,19H,4-8,12-13H2,1-3H3. The first-order chi connectivity index (χ1) is 10.3. The van der Waals surface area contributed by atoms with Gasteiger partial charge in [0.15, 0.2) is 0 Å². The van der Waals surface area contributed by atoms with E-state index >= 15 is 0 Å². The Bertz CT molecular complexity index is 425. The molecule has 21 heavy (non-hydrogen) atoms. The van der Waals surface area contributed by atoms with Gasteiger partial charge in [0, 0.05) is 18.2 Å². The summed E-state index contributed by atoms with van der Waals surface area (Å²) in [7, 11) is 3.39. The first-order valence-corrected chi connectivity index (χ1v) is 8.18. The van der Waals surface area contributed by atoms with Crippen molar-refractivity contribution < 1.29 is 9.47 Å². The summed E-state index contributed by atoms with van der Waals surface area (Å²) in [6.07, 6.45) is 6.93. The van der Waals surface area contributed by atoms with Crippen LogP contribution in [0.1, 0.15) is 44.6 Å². The van der Waals surface area contributed by atoms with Crippen molar-refractivity contribution in [1.82, 2.24) is 5.32 Å². The number of rotatable bonds is 7. The normalized spacial score (nSPS) is 22.0. The Labute approximate surface area is 129 Å². The van der Waals surface area contributed by atoms with Gasteiger partial charge in [-0.2, -0.15) is 0 Å². The van der Waals surface area contributed by atoms with Gasteiger partial charge in [0.05, 0.1) is 14.2 Å². The van der Waals surface area contributed by atoms with Gasteiger partial charge in [0.25, 0.3) is 0 Å². The van der Waals surface area contributed by atoms with E-state index < -0.39 is 0 Å². The molecule has 1 aliphatic rings. The second-order valence-corrected chi connectivity index (χ2v) is 6.10. The molecule has 0 bridgehead atoms. The van der Waals surface area contributed by atoms with Crippen molar-refractivity contribution in [3.8, 4) is 11.5 Å². The van der Waals surface area contributed by atoms with Gasteiger partial charge < -0.3 is 14.8 Å². The summed E-state index contributed by atoms with van der Waals surface area (Å²) < 4.78 is 10.7. The Morgan fingerprint density at radius 1 is 1.05 bits per heavy atom. The average molecular weight is 291 g/mol. The van der Waals surface area contributed by atoms with Gasteiger partial charge in [-0.25, -0.2) is 0 Å². The van der Waals surface area contributed by atoms with Gasteiger partial charge in [-0.3, -0.25) is 0 Å². The van der Waals surface area contributed by atoms with E-state index in [9.17, 15) is 0 Å². The molecule has 1 aromatic carbocycles. The SMILES string of the molecule is CCC1CCC(CNCc2ccc(OC)cc2OC)CC1. The molecule has 0 radical (unpaired) electrons. The number of benzene rings is 1. The van der Waals surface area contributed by atoms with Crippen molar-refractivity contribution in [2.24, 2.45) is 11.8 Å². The quantitative estimate of drug-likeness (QED) is 0.823. The van der Waals surface area contributed by atoms with Crippen LogP contribution in [0.15, 0.2) is 18.2 Å². The summed E-state index contributed by atoms with van der Waals surface area (Å²) in [5.74, 6) is 3.56. The van der Waals surface area contributed by atoms with Crippen LogP contribution in [0.25, 0.3) is 0 Å². The Balaban J connectivity index is 1.78. The molecular weight excluding hydrogens is 262 g/mol. The fraction of sp³-hybridized carbons (Fsp3) is 0.667. The van der Waals surface area contributed by atoms with Crippen LogP contribution in [0.2, 0.25) is 0 Å². The summed E-state index contributed by atoms with van der Waals surface area (Å²) >= 11 is 0. The molecular formula is C18H29NO2. The molecule has 0 amide bonds. The molecule has 2 rings (SSSR count). The van der Waals surface area contributed by atoms with Crippen LogP contribution < -0.4 is 14.8 Å². The summed E-state index contributed by atoms with van der Waals surface area (Å²) in [4.78, 5) is 0. The minimum atomic E-state index is 0.841. The first kappa shape index (κ1) is 16.2. The Morgan fingerprint density at radius 3 is 2.38 bits per heavy atom. The molecule has 118 valence electrons. The van der Waals surface area contributed by atoms with E-state index in [1.54, 1.807) is 14.2 Å². The van der Waals surface area contributed by atoms with Gasteiger partial charge in [0.1, 0.15) is 11.5 Å². The largest absolute Gasteiger partial charge is 0.497 e. The van der Waals surface area contributed by atoms with E-state index in [4.69, 9.17) is 9.47 Å². The molecule has 1 fully saturated rings. The predicted molar refractivity (Wildman–Crippen MR) is 87.0 cm³/mol. The Kier molecular flexibility index (Phi) is 6.37. The maximum absolute atomic E-state index is 5.44. The highest BCUT2D eigenvalue weighted by Crippen LogP contribution is 2.30. The van der Waals surface area contributed by atoms with Gasteiger partial charge >= 0.3 is 0 Å². The number of ether oxygens (including phenoxy) is 2. The molecule has 0 saturated heterocycles. The molecule has 3 nitrogen and oxygen atoms in total. The van der Waals surface area contributed by atoms with E-state index in [1.807, 2.05) is 12.1 Å². The molecule has 1 aliphatic carbocycles. The zero-order chi connectivity index (χ0) is 15.1. The van der Waals surface area contributed by atoms with Crippen molar-refractivity contribution in [2.45, 2.75) is 45.6 Å². The van der Waals surface area contributed by atoms with Gasteiger partial charge in [-0.05, 0) is 37.3 Å². The molecule has 3 heteroatoms. The highest BCUT2D eigenvalue weighted by Gasteiger charge is 2.19. The molecule has 1 N–H and O–H groups in total. The van der Waals surface area contributed by atoms with Crippen LogP contribution in [0.3, 0.4) is 0 Å². The summed E-state index contributed by atoms with van der Waals surface area (Å²) in [6, 6.07) is 6.02. The Morgan fingerprint density at radius 2 is 1.76 bits per heavy atom. The monoisotopic (exact) mass is 291 g/mol. The molecule has 0 heterocycles. The van der Waals surface area contributed by atoms with Crippen molar-refractivity contribution in [3.63, 3.8) is 0 Å². The minimum Gasteiger partial charge on any atom is -0.497 e. The third-order valence-electron chi connectivity index (χ3n) is 4.79. The van der Waals surface area contributed by atoms with Crippen molar-refractivity contribution in [3.05, 3.63) is 23.8 Å². The smallest absolute Gasteiger partial charge is 0.127 e. The third kappa shape index (κ3) is 4.63. The minimum absolute atomic E-state index is 0.841. The maximum atomic E-state index is 5.44. The van der Waals surface area contributed by atoms with E-state index in [0.29, 0.717) is 0 Å². The molecule has 0 aromatic heterocycles. The second kappa shape index (κ2) is 8.28. The molecule has 1 saturated carbocycles. The molecule has 0 spiro atoms. The lowest BCUT2D eigenvalue weighted by atomic mass is 9.81. The lowest BCUT2D eigenvalue weighted by Gasteiger charge is -2.28. The predicted octanol–water partition coefficient (Wildman–Crippen LogP) is 4.01. The highest BCUT2D eigenvalue weighted by molar-refractivity contribution is 5.40. The van der Waals surface area contributed by atoms with Crippen LogP contribution in [0.5, 0.6) is 11.5 Å². The third-order valence-corrected chi connectivity index (χ3v) is 4.79. The highest BCUT2D eigenvalue weighted by atomic mass is 16.5. The van der Waals surface area contributed by atoms with Crippen LogP contribution in [0.4, 0.5) is 0 Å². The lowest BCUT2D eigenvalue weighted by Crippen LogP contribution is -2.26. The van der Waals surface area contributed by atoms with Gasteiger partial charge in [0.2, 0.25) is 0 Å². The van der Waals surface area contributed by atoms with Crippen LogP contribution in [0, 0.1) is 11.8 Å². The molecule has 0 unspecified atom stereocenters. The van der Waals surface area contributed by atoms with Crippen molar-refractivity contribution in [2.75, 3.05) is 20.8 Å². The molecule has 1 aromatic rings. The number of hydrogen-bond donors (Lipinski definition) is 1. The topological polar surface area (TPSA) is 30.5 Å². The van der Waals surface area contributed by atoms with E-state index in [-0.39, 0.29) is 0 Å². The first-order valence-electron chi connectivity index (χ1n) is 8.18. The molecule has 0 aliphatic heterocycles. The van der Waals surface area contributed by atoms with Crippen LogP contribution in [-0.4, -0.2) is 20.8 Å². The number of nitrogens with one attached hydrogen (secondary N) is 1. The van der Waals surface area contributed by atoms with E-state index in [0.717, 1.165) is 36.4 Å². The zero-order valence-corrected chi connectivity index (χ0v) is 13.7. The fourth-order valence-corrected chi connectivity index (χ4v) is 3.25. The fourth-order valence-electron chi connectivity index (χ4n) is 3.25. The van der Waals surface area contributed by atoms with Crippen LogP contribution >= 0.6 is 0 Å². The maximum Gasteiger partial charge on any atom is 0.127 e. The van der Waals surface area contributed by atoms with Crippen molar-refractivity contribution >= 4 is 0 Å².